The van der Waals surface area contributed by atoms with E-state index in [1.165, 1.54) is 13.8 Å². The zero-order valence-electron chi connectivity index (χ0n) is 17.2. The lowest BCUT2D eigenvalue weighted by atomic mass is 9.93. The van der Waals surface area contributed by atoms with Crippen LogP contribution >= 0.6 is 11.6 Å². The van der Waals surface area contributed by atoms with Crippen LogP contribution in [0.1, 0.15) is 32.3 Å². The Morgan fingerprint density at radius 1 is 1.23 bits per heavy atom. The number of carbonyl (C=O) groups is 1. The fourth-order valence-electron chi connectivity index (χ4n) is 4.15. The van der Waals surface area contributed by atoms with E-state index in [0.29, 0.717) is 24.2 Å². The van der Waals surface area contributed by atoms with Crippen LogP contribution in [0.2, 0.25) is 5.02 Å². The molecule has 0 aliphatic carbocycles. The molecule has 30 heavy (non-hydrogen) atoms. The second-order valence-corrected chi connectivity index (χ2v) is 8.91. The van der Waals surface area contributed by atoms with Gasteiger partial charge in [-0.1, -0.05) is 23.7 Å². The van der Waals surface area contributed by atoms with Gasteiger partial charge in [-0.05, 0) is 63.9 Å². The first-order valence-corrected chi connectivity index (χ1v) is 10.6. The maximum Gasteiger partial charge on any atom is 0.490 e. The molecular formula is C21H28ClF3N2O3. The van der Waals surface area contributed by atoms with Gasteiger partial charge in [-0.25, -0.2) is 4.79 Å². The van der Waals surface area contributed by atoms with E-state index >= 15 is 0 Å². The Labute approximate surface area is 179 Å². The van der Waals surface area contributed by atoms with Crippen LogP contribution in [0.5, 0.6) is 0 Å². The highest BCUT2D eigenvalue weighted by molar-refractivity contribution is 6.30. The standard InChI is InChI=1S/C21H28ClF3N2O3/c1-20(2,30-19(28)21(23,24)25)18-12-27(16-7-9-26-10-8-16)17(13-29-18)11-14-3-5-15(22)6-4-14/h3-6,16-18,26H,7-13H2,1-2H3/t17-,18+/m0/s1. The number of piperidine rings is 1. The highest BCUT2D eigenvalue weighted by Gasteiger charge is 2.48. The summed E-state index contributed by atoms with van der Waals surface area (Å²) in [6, 6.07) is 8.02. The highest BCUT2D eigenvalue weighted by atomic mass is 35.5. The van der Waals surface area contributed by atoms with E-state index < -0.39 is 23.9 Å². The van der Waals surface area contributed by atoms with E-state index in [4.69, 9.17) is 21.1 Å². The molecule has 2 aliphatic rings. The number of alkyl halides is 3. The van der Waals surface area contributed by atoms with Crippen LogP contribution in [0.25, 0.3) is 0 Å². The summed E-state index contributed by atoms with van der Waals surface area (Å²) in [7, 11) is 0. The molecule has 0 unspecified atom stereocenters. The average Bonchev–Trinajstić information content (AvgIpc) is 2.69. The van der Waals surface area contributed by atoms with Crippen molar-refractivity contribution in [3.05, 3.63) is 34.9 Å². The van der Waals surface area contributed by atoms with Crippen molar-refractivity contribution in [3.8, 4) is 0 Å². The van der Waals surface area contributed by atoms with Crippen molar-refractivity contribution in [1.82, 2.24) is 10.2 Å². The topological polar surface area (TPSA) is 50.8 Å². The Kier molecular flexibility index (Phi) is 7.32. The third-order valence-electron chi connectivity index (χ3n) is 5.86. The van der Waals surface area contributed by atoms with Gasteiger partial charge in [0.15, 0.2) is 0 Å². The summed E-state index contributed by atoms with van der Waals surface area (Å²) in [4.78, 5) is 13.7. The summed E-state index contributed by atoms with van der Waals surface area (Å²) in [6.07, 6.45) is -3.03. The molecule has 2 saturated heterocycles. The lowest BCUT2D eigenvalue weighted by Crippen LogP contribution is -2.61. The van der Waals surface area contributed by atoms with Crippen LogP contribution in [-0.2, 0) is 20.7 Å². The monoisotopic (exact) mass is 448 g/mol. The van der Waals surface area contributed by atoms with Gasteiger partial charge >= 0.3 is 12.1 Å². The largest absolute Gasteiger partial charge is 0.490 e. The van der Waals surface area contributed by atoms with Crippen LogP contribution in [0.3, 0.4) is 0 Å². The molecule has 2 atom stereocenters. The van der Waals surface area contributed by atoms with Gasteiger partial charge in [0.05, 0.1) is 6.61 Å². The minimum absolute atomic E-state index is 0.0830. The van der Waals surface area contributed by atoms with Crippen LogP contribution in [0, 0.1) is 0 Å². The van der Waals surface area contributed by atoms with Gasteiger partial charge in [0.1, 0.15) is 11.7 Å². The van der Waals surface area contributed by atoms with Crippen molar-refractivity contribution in [1.29, 1.82) is 0 Å². The Balaban J connectivity index is 1.74. The molecule has 0 saturated carbocycles. The number of benzene rings is 1. The third kappa shape index (κ3) is 5.87. The molecule has 0 spiro atoms. The van der Waals surface area contributed by atoms with Gasteiger partial charge in [-0.15, -0.1) is 0 Å². The normalized spacial score (nSPS) is 24.6. The van der Waals surface area contributed by atoms with Gasteiger partial charge in [0, 0.05) is 23.7 Å². The molecule has 0 amide bonds. The fourth-order valence-corrected chi connectivity index (χ4v) is 4.28. The Hall–Kier alpha value is -1.35. The maximum absolute atomic E-state index is 12.7. The number of nitrogens with one attached hydrogen (secondary N) is 1. The van der Waals surface area contributed by atoms with Crippen molar-refractivity contribution < 1.29 is 27.4 Å². The molecule has 1 aromatic rings. The first-order chi connectivity index (χ1) is 14.1. The molecule has 9 heteroatoms. The van der Waals surface area contributed by atoms with Crippen molar-refractivity contribution in [2.24, 2.45) is 0 Å². The predicted octanol–water partition coefficient (Wildman–Crippen LogP) is 3.59. The summed E-state index contributed by atoms with van der Waals surface area (Å²) < 4.78 is 48.9. The number of hydrogen-bond acceptors (Lipinski definition) is 5. The second kappa shape index (κ2) is 9.42. The molecule has 3 rings (SSSR count). The van der Waals surface area contributed by atoms with Crippen molar-refractivity contribution in [2.45, 2.75) is 63.1 Å². The number of ether oxygens (including phenoxy) is 2. The van der Waals surface area contributed by atoms with Crippen LogP contribution in [-0.4, -0.2) is 67.1 Å². The van der Waals surface area contributed by atoms with E-state index in [2.05, 4.69) is 10.2 Å². The molecule has 2 aliphatic heterocycles. The summed E-state index contributed by atoms with van der Waals surface area (Å²) in [5.74, 6) is -2.19. The van der Waals surface area contributed by atoms with Gasteiger partial charge in [0.25, 0.3) is 0 Å². The Morgan fingerprint density at radius 2 is 1.87 bits per heavy atom. The molecule has 2 fully saturated rings. The average molecular weight is 449 g/mol. The van der Waals surface area contributed by atoms with Gasteiger partial charge in [-0.2, -0.15) is 13.2 Å². The Bertz CT molecular complexity index is 721. The molecule has 5 nitrogen and oxygen atoms in total. The van der Waals surface area contributed by atoms with Gasteiger partial charge in [0.2, 0.25) is 0 Å². The number of morpholine rings is 1. The maximum atomic E-state index is 12.7. The van der Waals surface area contributed by atoms with E-state index in [1.807, 2.05) is 24.3 Å². The van der Waals surface area contributed by atoms with Crippen molar-refractivity contribution >= 4 is 17.6 Å². The first kappa shape index (κ1) is 23.3. The van der Waals surface area contributed by atoms with Gasteiger partial charge in [-0.3, -0.25) is 4.90 Å². The number of rotatable bonds is 5. The Morgan fingerprint density at radius 3 is 2.47 bits per heavy atom. The first-order valence-electron chi connectivity index (χ1n) is 10.2. The number of hydrogen-bond donors (Lipinski definition) is 1. The van der Waals surface area contributed by atoms with Crippen molar-refractivity contribution in [2.75, 3.05) is 26.2 Å². The van der Waals surface area contributed by atoms with Gasteiger partial charge < -0.3 is 14.8 Å². The number of carbonyl (C=O) groups excluding carboxylic acids is 1. The van der Waals surface area contributed by atoms with Crippen molar-refractivity contribution in [3.63, 3.8) is 0 Å². The summed E-state index contributed by atoms with van der Waals surface area (Å²) in [5, 5.41) is 4.01. The van der Waals surface area contributed by atoms with Crippen LogP contribution < -0.4 is 5.32 Å². The minimum atomic E-state index is -5.03. The zero-order chi connectivity index (χ0) is 21.9. The lowest BCUT2D eigenvalue weighted by molar-refractivity contribution is -0.228. The molecule has 2 heterocycles. The SMILES string of the molecule is CC(C)(OC(=O)C(F)(F)F)[C@H]1CN(C2CCNCC2)[C@@H](Cc2ccc(Cl)cc2)CO1. The fraction of sp³-hybridized carbons (Fsp3) is 0.667. The molecule has 0 aromatic heterocycles. The summed E-state index contributed by atoms with van der Waals surface area (Å²) >= 11 is 5.98. The molecule has 0 bridgehead atoms. The second-order valence-electron chi connectivity index (χ2n) is 8.48. The minimum Gasteiger partial charge on any atom is -0.450 e. The molecule has 0 radical (unpaired) electrons. The molecule has 1 N–H and O–H groups in total. The van der Waals surface area contributed by atoms with E-state index in [0.717, 1.165) is 37.9 Å². The summed E-state index contributed by atoms with van der Waals surface area (Å²) in [5.41, 5.74) is -0.281. The van der Waals surface area contributed by atoms with E-state index in [9.17, 15) is 18.0 Å². The molecule has 1 aromatic carbocycles. The smallest absolute Gasteiger partial charge is 0.450 e. The third-order valence-corrected chi connectivity index (χ3v) is 6.11. The van der Waals surface area contributed by atoms with Crippen LogP contribution in [0.4, 0.5) is 13.2 Å². The van der Waals surface area contributed by atoms with E-state index in [-0.39, 0.29) is 6.04 Å². The number of esters is 1. The number of halogens is 4. The summed E-state index contributed by atoms with van der Waals surface area (Å²) in [6.45, 7) is 5.49. The zero-order valence-corrected chi connectivity index (χ0v) is 17.9. The predicted molar refractivity (Wildman–Crippen MR) is 108 cm³/mol. The molecule has 168 valence electrons. The quantitative estimate of drug-likeness (QED) is 0.698. The highest BCUT2D eigenvalue weighted by Crippen LogP contribution is 2.31. The lowest BCUT2D eigenvalue weighted by Gasteiger charge is -2.48. The van der Waals surface area contributed by atoms with Crippen LogP contribution in [0.15, 0.2) is 24.3 Å². The van der Waals surface area contributed by atoms with E-state index in [1.54, 1.807) is 0 Å². The molecular weight excluding hydrogens is 421 g/mol. The number of nitrogens with zero attached hydrogens (tertiary/aromatic N) is 1.